The molecule has 0 saturated heterocycles. The summed E-state index contributed by atoms with van der Waals surface area (Å²) in [5, 5.41) is 11.1. The Morgan fingerprint density at radius 2 is 1.08 bits per heavy atom. The van der Waals surface area contributed by atoms with Gasteiger partial charge in [0.25, 0.3) is 0 Å². The summed E-state index contributed by atoms with van der Waals surface area (Å²) in [6, 6.07) is 0. The quantitative estimate of drug-likeness (QED) is 0.354. The summed E-state index contributed by atoms with van der Waals surface area (Å²) in [5.41, 5.74) is 0. The Balaban J connectivity index is 0.000000352. The van der Waals surface area contributed by atoms with E-state index in [0.29, 0.717) is 0 Å². The van der Waals surface area contributed by atoms with Crippen LogP contribution in [-0.4, -0.2) is 43.5 Å². The van der Waals surface area contributed by atoms with Crippen LogP contribution in [0.2, 0.25) is 11.8 Å². The van der Waals surface area contributed by atoms with Crippen molar-refractivity contribution in [2.75, 3.05) is 19.7 Å². The molecule has 0 atom stereocenters. The first-order chi connectivity index (χ1) is 12.7. The minimum atomic E-state index is -2.45. The summed E-state index contributed by atoms with van der Waals surface area (Å²) in [7, 11) is 0. The monoisotopic (exact) mass is 474 g/mol. The number of hydrogen-bond donors (Lipinski definition) is 3. The molecule has 0 heterocycles. The van der Waals surface area contributed by atoms with Crippen molar-refractivity contribution >= 4 is 18.7 Å². The van der Waals surface area contributed by atoms with E-state index in [9.17, 15) is 0 Å². The van der Waals surface area contributed by atoms with Crippen LogP contribution in [0.4, 0.5) is 0 Å². The third-order valence-corrected chi connectivity index (χ3v) is 24.5. The number of nitrogens with two attached hydrogens (primary N) is 1. The molecular formula is C22H46N2OSn. The van der Waals surface area contributed by atoms with E-state index in [-0.39, 0.29) is 6.61 Å². The van der Waals surface area contributed by atoms with Gasteiger partial charge in [-0.2, -0.15) is 0 Å². The minimum absolute atomic E-state index is 0.244. The van der Waals surface area contributed by atoms with E-state index < -0.39 is 18.7 Å². The predicted octanol–water partition coefficient (Wildman–Crippen LogP) is 5.48. The van der Waals surface area contributed by atoms with Crippen molar-refractivity contribution in [3.05, 3.63) is 0 Å². The van der Waals surface area contributed by atoms with Crippen molar-refractivity contribution in [1.82, 2.24) is 5.32 Å². The standard InChI is InChI=1S/3C6H11.C4H11NO.H2N.Sn/c3*1-2-4-6-5-3-1;1-2-5-3-4-6;;/h3*1H,2-6H2;5-6H,2-4H2,1H3;1H2;/q;;;;-1;+1. The first-order valence-electron chi connectivity index (χ1n) is 11.8. The van der Waals surface area contributed by atoms with Gasteiger partial charge in [0.1, 0.15) is 0 Å². The Hall–Kier alpha value is 0.679. The van der Waals surface area contributed by atoms with Gasteiger partial charge in [-0.1, -0.05) is 6.92 Å². The average molecular weight is 473 g/mol. The van der Waals surface area contributed by atoms with E-state index in [0.717, 1.165) is 24.9 Å². The third kappa shape index (κ3) is 6.63. The Bertz CT molecular complexity index is 299. The molecule has 26 heavy (non-hydrogen) atoms. The summed E-state index contributed by atoms with van der Waals surface area (Å²) in [6.07, 6.45) is 22.6. The molecule has 3 fully saturated rings. The number of likely N-dealkylation sites (N-methyl/N-ethyl adjacent to an activating group) is 1. The van der Waals surface area contributed by atoms with Gasteiger partial charge in [-0.15, -0.1) is 0 Å². The zero-order chi connectivity index (χ0) is 18.7. The molecule has 0 radical (unpaired) electrons. The summed E-state index contributed by atoms with van der Waals surface area (Å²) in [6.45, 7) is 3.92. The van der Waals surface area contributed by atoms with Gasteiger partial charge >= 0.3 is 131 Å². The molecule has 3 rings (SSSR count). The topological polar surface area (TPSA) is 58.3 Å². The molecule has 154 valence electrons. The van der Waals surface area contributed by atoms with Gasteiger partial charge in [-0.25, -0.2) is 0 Å². The van der Waals surface area contributed by atoms with Crippen LogP contribution in [0.25, 0.3) is 0 Å². The fourth-order valence-corrected chi connectivity index (χ4v) is 23.8. The molecule has 4 N–H and O–H groups in total. The summed E-state index contributed by atoms with van der Waals surface area (Å²) in [5.74, 6) is 0. The molecule has 4 heteroatoms. The number of nitrogens with one attached hydrogen (secondary N) is 1. The van der Waals surface area contributed by atoms with Crippen LogP contribution < -0.4 is 9.27 Å². The molecule has 0 aromatic heterocycles. The Morgan fingerprint density at radius 1 is 0.731 bits per heavy atom. The van der Waals surface area contributed by atoms with Crippen LogP contribution in [0.1, 0.15) is 103 Å². The van der Waals surface area contributed by atoms with E-state index in [1.54, 1.807) is 0 Å². The second kappa shape index (κ2) is 13.0. The molecule has 0 amide bonds. The molecule has 3 aliphatic carbocycles. The molecular weight excluding hydrogens is 427 g/mol. The number of aliphatic hydroxyl groups excluding tert-OH is 1. The van der Waals surface area contributed by atoms with Crippen LogP contribution in [0.5, 0.6) is 0 Å². The van der Waals surface area contributed by atoms with Gasteiger partial charge in [0.05, 0.1) is 6.61 Å². The van der Waals surface area contributed by atoms with Crippen molar-refractivity contribution in [2.45, 2.75) is 115 Å². The summed E-state index contributed by atoms with van der Waals surface area (Å²) < 4.78 is 10.7. The maximum atomic E-state index is 8.13. The van der Waals surface area contributed by atoms with Crippen molar-refractivity contribution in [3.8, 4) is 0 Å². The summed E-state index contributed by atoms with van der Waals surface area (Å²) >= 11 is -2.45. The van der Waals surface area contributed by atoms with Gasteiger partial charge in [-0.05, 0) is 6.54 Å². The van der Waals surface area contributed by atoms with E-state index >= 15 is 0 Å². The van der Waals surface area contributed by atoms with Crippen LogP contribution in [-0.2, 0) is 0 Å². The SMILES string of the molecule is CCNCCO.[NH2][Sn]([CH]1CCCCC1)([CH]1CCCCC1)[CH]1CCCCC1. The number of rotatable bonds is 6. The average Bonchev–Trinajstić information content (AvgIpc) is 2.74. The van der Waals surface area contributed by atoms with E-state index in [2.05, 4.69) is 5.32 Å². The number of aliphatic hydroxyl groups is 1. The number of hydrogen-bond acceptors (Lipinski definition) is 3. The van der Waals surface area contributed by atoms with Gasteiger partial charge in [0.15, 0.2) is 0 Å². The first-order valence-corrected chi connectivity index (χ1v) is 18.4. The summed E-state index contributed by atoms with van der Waals surface area (Å²) in [4.78, 5) is 0. The van der Waals surface area contributed by atoms with E-state index in [1.807, 2.05) is 6.92 Å². The molecule has 0 aromatic rings. The third-order valence-electron chi connectivity index (χ3n) is 7.48. The van der Waals surface area contributed by atoms with Crippen LogP contribution in [0.15, 0.2) is 0 Å². The maximum absolute atomic E-state index is 8.13. The molecule has 3 aliphatic rings. The van der Waals surface area contributed by atoms with Crippen molar-refractivity contribution in [1.29, 1.82) is 0 Å². The van der Waals surface area contributed by atoms with Gasteiger partial charge < -0.3 is 10.4 Å². The molecule has 0 aliphatic heterocycles. The zero-order valence-corrected chi connectivity index (χ0v) is 20.3. The van der Waals surface area contributed by atoms with Crippen LogP contribution in [0, 0.1) is 0 Å². The van der Waals surface area contributed by atoms with E-state index in [1.165, 1.54) is 96.3 Å². The molecule has 0 spiro atoms. The van der Waals surface area contributed by atoms with Gasteiger partial charge in [0.2, 0.25) is 0 Å². The van der Waals surface area contributed by atoms with Crippen LogP contribution >= 0.6 is 0 Å². The normalized spacial score (nSPS) is 24.1. The van der Waals surface area contributed by atoms with Gasteiger partial charge in [-0.3, -0.25) is 0 Å². The Morgan fingerprint density at radius 3 is 1.31 bits per heavy atom. The molecule has 0 bridgehead atoms. The van der Waals surface area contributed by atoms with Gasteiger partial charge in [0, 0.05) is 6.54 Å². The predicted molar refractivity (Wildman–Crippen MR) is 116 cm³/mol. The van der Waals surface area contributed by atoms with Crippen molar-refractivity contribution in [2.24, 2.45) is 3.96 Å². The Kier molecular flexibility index (Phi) is 11.5. The van der Waals surface area contributed by atoms with Crippen molar-refractivity contribution < 1.29 is 5.11 Å². The second-order valence-electron chi connectivity index (χ2n) is 9.08. The van der Waals surface area contributed by atoms with Crippen molar-refractivity contribution in [3.63, 3.8) is 0 Å². The first kappa shape index (κ1) is 23.0. The Labute approximate surface area is 167 Å². The van der Waals surface area contributed by atoms with E-state index in [4.69, 9.17) is 9.06 Å². The molecule has 3 saturated carbocycles. The fourth-order valence-electron chi connectivity index (χ4n) is 6.06. The fraction of sp³-hybridized carbons (Fsp3) is 1.00. The van der Waals surface area contributed by atoms with Crippen LogP contribution in [0.3, 0.4) is 0 Å². The molecule has 3 nitrogen and oxygen atoms in total. The zero-order valence-electron chi connectivity index (χ0n) is 17.5. The molecule has 0 unspecified atom stereocenters. The second-order valence-corrected chi connectivity index (χ2v) is 21.8. The molecule has 0 aromatic carbocycles.